The molecular formula is C19H17F2IO2. The van der Waals surface area contributed by atoms with Gasteiger partial charge in [-0.1, -0.05) is 38.0 Å². The van der Waals surface area contributed by atoms with Crippen LogP contribution in [0.3, 0.4) is 0 Å². The smallest absolute Gasteiger partial charge is 0.194 e. The van der Waals surface area contributed by atoms with Crippen LogP contribution in [0.4, 0.5) is 8.78 Å². The van der Waals surface area contributed by atoms with Crippen LogP contribution in [0, 0.1) is 15.2 Å². The van der Waals surface area contributed by atoms with E-state index in [-0.39, 0.29) is 11.3 Å². The molecule has 126 valence electrons. The molecule has 2 atom stereocenters. The monoisotopic (exact) mass is 442 g/mol. The number of rotatable bonds is 6. The van der Waals surface area contributed by atoms with E-state index < -0.39 is 23.3 Å². The van der Waals surface area contributed by atoms with Gasteiger partial charge in [-0.25, -0.2) is 8.78 Å². The molecule has 0 amide bonds. The summed E-state index contributed by atoms with van der Waals surface area (Å²) in [6.45, 7) is 2.02. The Labute approximate surface area is 153 Å². The molecule has 1 saturated heterocycles. The second-order valence-corrected chi connectivity index (χ2v) is 7.23. The molecule has 0 radical (unpaired) electrons. The SMILES string of the molecule is CCCCC1(c2ccc(F)cc2F)OC1C(=O)c1ccc(I)cc1. The first-order valence-electron chi connectivity index (χ1n) is 7.91. The quantitative estimate of drug-likeness (QED) is 0.348. The third kappa shape index (κ3) is 3.24. The van der Waals surface area contributed by atoms with Gasteiger partial charge in [0.05, 0.1) is 0 Å². The van der Waals surface area contributed by atoms with Crippen molar-refractivity contribution in [2.45, 2.75) is 37.9 Å². The first kappa shape index (κ1) is 17.5. The number of Topliss-reactive ketones (excluding diaryl/α,β-unsaturated/α-hetero) is 1. The molecular weight excluding hydrogens is 425 g/mol. The Balaban J connectivity index is 1.92. The molecule has 2 aromatic rings. The zero-order valence-electron chi connectivity index (χ0n) is 13.2. The lowest BCUT2D eigenvalue weighted by atomic mass is 9.87. The van der Waals surface area contributed by atoms with Crippen molar-refractivity contribution in [2.75, 3.05) is 0 Å². The van der Waals surface area contributed by atoms with Crippen molar-refractivity contribution in [1.82, 2.24) is 0 Å². The predicted octanol–water partition coefficient (Wildman–Crippen LogP) is 5.24. The van der Waals surface area contributed by atoms with Gasteiger partial charge in [-0.15, -0.1) is 0 Å². The number of epoxide rings is 1. The van der Waals surface area contributed by atoms with E-state index in [1.165, 1.54) is 12.1 Å². The molecule has 1 heterocycles. The molecule has 0 bridgehead atoms. The minimum absolute atomic E-state index is 0.161. The van der Waals surface area contributed by atoms with E-state index in [1.807, 2.05) is 19.1 Å². The average molecular weight is 442 g/mol. The van der Waals surface area contributed by atoms with E-state index in [9.17, 15) is 13.6 Å². The summed E-state index contributed by atoms with van der Waals surface area (Å²) < 4.78 is 34.3. The summed E-state index contributed by atoms with van der Waals surface area (Å²) in [4.78, 5) is 12.7. The van der Waals surface area contributed by atoms with Crippen molar-refractivity contribution >= 4 is 28.4 Å². The standard InChI is InChI=1S/C19H17F2IO2/c1-2-3-10-19(15-9-6-13(20)11-16(15)21)18(24-19)17(23)12-4-7-14(22)8-5-12/h4-9,11,18H,2-3,10H2,1H3. The van der Waals surface area contributed by atoms with Crippen molar-refractivity contribution < 1.29 is 18.3 Å². The summed E-state index contributed by atoms with van der Waals surface area (Å²) in [5.74, 6) is -1.46. The van der Waals surface area contributed by atoms with Crippen molar-refractivity contribution in [3.05, 3.63) is 68.8 Å². The van der Waals surface area contributed by atoms with Gasteiger partial charge >= 0.3 is 0 Å². The Kier molecular flexibility index (Phi) is 5.01. The van der Waals surface area contributed by atoms with Crippen molar-refractivity contribution in [3.63, 3.8) is 0 Å². The summed E-state index contributed by atoms with van der Waals surface area (Å²) in [5, 5.41) is 0. The molecule has 0 spiro atoms. The topological polar surface area (TPSA) is 29.6 Å². The minimum atomic E-state index is -0.978. The zero-order chi connectivity index (χ0) is 17.3. The number of hydrogen-bond acceptors (Lipinski definition) is 2. The molecule has 2 nitrogen and oxygen atoms in total. The third-order valence-electron chi connectivity index (χ3n) is 4.35. The van der Waals surface area contributed by atoms with Gasteiger partial charge in [0.15, 0.2) is 11.9 Å². The van der Waals surface area contributed by atoms with E-state index in [4.69, 9.17) is 4.74 Å². The summed E-state index contributed by atoms with van der Waals surface area (Å²) in [6, 6.07) is 10.6. The van der Waals surface area contributed by atoms with Gasteiger partial charge in [0, 0.05) is 20.8 Å². The van der Waals surface area contributed by atoms with E-state index in [0.717, 1.165) is 22.5 Å². The number of halogens is 3. The Bertz CT molecular complexity index is 760. The molecule has 0 aromatic heterocycles. The van der Waals surface area contributed by atoms with Crippen LogP contribution in [0.5, 0.6) is 0 Å². The molecule has 1 aliphatic rings. The molecule has 0 saturated carbocycles. The van der Waals surface area contributed by atoms with E-state index in [2.05, 4.69) is 22.6 Å². The van der Waals surface area contributed by atoms with E-state index >= 15 is 0 Å². The first-order valence-corrected chi connectivity index (χ1v) is 8.99. The van der Waals surface area contributed by atoms with Crippen LogP contribution < -0.4 is 0 Å². The second kappa shape index (κ2) is 6.88. The van der Waals surface area contributed by atoms with Gasteiger partial charge in [0.2, 0.25) is 0 Å². The van der Waals surface area contributed by atoms with Crippen LogP contribution in [0.15, 0.2) is 42.5 Å². The molecule has 2 unspecified atom stereocenters. The summed E-state index contributed by atoms with van der Waals surface area (Å²) in [6.07, 6.45) is 1.52. The molecule has 2 aromatic carbocycles. The highest BCUT2D eigenvalue weighted by Gasteiger charge is 2.62. The van der Waals surface area contributed by atoms with Crippen LogP contribution in [-0.2, 0) is 10.3 Å². The second-order valence-electron chi connectivity index (χ2n) is 5.99. The summed E-state index contributed by atoms with van der Waals surface area (Å²) >= 11 is 2.17. The van der Waals surface area contributed by atoms with E-state index in [0.29, 0.717) is 12.0 Å². The largest absolute Gasteiger partial charge is 0.352 e. The molecule has 1 aliphatic heterocycles. The third-order valence-corrected chi connectivity index (χ3v) is 5.07. The maximum Gasteiger partial charge on any atom is 0.194 e. The number of ether oxygens (including phenoxy) is 1. The van der Waals surface area contributed by atoms with Crippen molar-refractivity contribution in [3.8, 4) is 0 Å². The minimum Gasteiger partial charge on any atom is -0.352 e. The lowest BCUT2D eigenvalue weighted by molar-refractivity contribution is 0.0953. The fraction of sp³-hybridized carbons (Fsp3) is 0.316. The van der Waals surface area contributed by atoms with Gasteiger partial charge in [-0.2, -0.15) is 0 Å². The Hall–Kier alpha value is -1.34. The van der Waals surface area contributed by atoms with Crippen LogP contribution in [0.2, 0.25) is 0 Å². The van der Waals surface area contributed by atoms with E-state index in [1.54, 1.807) is 12.1 Å². The highest BCUT2D eigenvalue weighted by molar-refractivity contribution is 14.1. The molecule has 5 heteroatoms. The van der Waals surface area contributed by atoms with Crippen LogP contribution in [0.1, 0.15) is 42.1 Å². The van der Waals surface area contributed by atoms with Crippen molar-refractivity contribution in [1.29, 1.82) is 0 Å². The van der Waals surface area contributed by atoms with Gasteiger partial charge < -0.3 is 4.74 Å². The maximum absolute atomic E-state index is 14.3. The van der Waals surface area contributed by atoms with Gasteiger partial charge in [0.25, 0.3) is 0 Å². The first-order chi connectivity index (χ1) is 11.5. The number of hydrogen-bond donors (Lipinski definition) is 0. The number of benzene rings is 2. The highest BCUT2D eigenvalue weighted by atomic mass is 127. The molecule has 1 fully saturated rings. The highest BCUT2D eigenvalue weighted by Crippen LogP contribution is 2.52. The van der Waals surface area contributed by atoms with Gasteiger partial charge in [0.1, 0.15) is 17.2 Å². The number of carbonyl (C=O) groups is 1. The van der Waals surface area contributed by atoms with Crippen LogP contribution >= 0.6 is 22.6 Å². The van der Waals surface area contributed by atoms with Crippen LogP contribution in [0.25, 0.3) is 0 Å². The Morgan fingerprint density at radius 1 is 1.21 bits per heavy atom. The molecule has 0 aliphatic carbocycles. The molecule has 0 N–H and O–H groups in total. The normalized spacial score (nSPS) is 22.4. The lowest BCUT2D eigenvalue weighted by Gasteiger charge is -2.14. The molecule has 24 heavy (non-hydrogen) atoms. The molecule has 3 rings (SSSR count). The van der Waals surface area contributed by atoms with Gasteiger partial charge in [-0.3, -0.25) is 4.79 Å². The van der Waals surface area contributed by atoms with Gasteiger partial charge in [-0.05, 0) is 47.2 Å². The zero-order valence-corrected chi connectivity index (χ0v) is 15.3. The average Bonchev–Trinajstić information content (AvgIpc) is 3.28. The fourth-order valence-electron chi connectivity index (χ4n) is 3.01. The number of carbonyl (C=O) groups excluding carboxylic acids is 1. The fourth-order valence-corrected chi connectivity index (χ4v) is 3.37. The predicted molar refractivity (Wildman–Crippen MR) is 95.9 cm³/mol. The maximum atomic E-state index is 14.3. The Morgan fingerprint density at radius 2 is 1.92 bits per heavy atom. The number of unbranched alkanes of at least 4 members (excludes halogenated alkanes) is 1. The number of ketones is 1. The Morgan fingerprint density at radius 3 is 2.54 bits per heavy atom. The van der Waals surface area contributed by atoms with Crippen molar-refractivity contribution in [2.24, 2.45) is 0 Å². The summed E-state index contributed by atoms with van der Waals surface area (Å²) in [7, 11) is 0. The van der Waals surface area contributed by atoms with Crippen LogP contribution in [-0.4, -0.2) is 11.9 Å². The summed E-state index contributed by atoms with van der Waals surface area (Å²) in [5.41, 5.74) is -0.170. The lowest BCUT2D eigenvalue weighted by Crippen LogP contribution is -2.21.